The molecule has 0 amide bonds. The minimum absolute atomic E-state index is 0.561. The number of nitrogen functional groups attached to an aromatic ring is 1. The lowest BCUT2D eigenvalue weighted by molar-refractivity contribution is 0.913. The number of fused-ring (bicyclic) bond motifs is 1. The minimum Gasteiger partial charge on any atom is -0.397 e. The van der Waals surface area contributed by atoms with E-state index in [4.69, 9.17) is 17.3 Å². The van der Waals surface area contributed by atoms with Gasteiger partial charge in [-0.25, -0.2) is 9.97 Å². The molecular formula is C11H10ClN5. The summed E-state index contributed by atoms with van der Waals surface area (Å²) >= 11 is 5.94. The lowest BCUT2D eigenvalue weighted by Crippen LogP contribution is -1.86. The zero-order valence-electron chi connectivity index (χ0n) is 9.11. The number of H-pyrrole nitrogens is 1. The van der Waals surface area contributed by atoms with Gasteiger partial charge in [0.15, 0.2) is 5.82 Å². The van der Waals surface area contributed by atoms with Crippen molar-refractivity contribution in [2.24, 2.45) is 7.05 Å². The standard InChI is InChI=1S/C11H10ClN5/c1-17-4-9(14-5-17)11-15-8-3-6(12)2-7(13)10(8)16-11/h2-5H,13H2,1H3,(H,15,16). The number of aromatic nitrogens is 4. The van der Waals surface area contributed by atoms with Crippen molar-refractivity contribution in [1.82, 2.24) is 19.5 Å². The summed E-state index contributed by atoms with van der Waals surface area (Å²) in [6.45, 7) is 0. The van der Waals surface area contributed by atoms with E-state index in [0.29, 0.717) is 16.5 Å². The Morgan fingerprint density at radius 2 is 2.24 bits per heavy atom. The summed E-state index contributed by atoms with van der Waals surface area (Å²) in [4.78, 5) is 11.8. The van der Waals surface area contributed by atoms with Crippen LogP contribution in [0.5, 0.6) is 0 Å². The normalized spacial score (nSPS) is 11.2. The van der Waals surface area contributed by atoms with Gasteiger partial charge >= 0.3 is 0 Å². The third-order valence-corrected chi connectivity index (χ3v) is 2.75. The molecule has 0 atom stereocenters. The van der Waals surface area contributed by atoms with E-state index in [1.165, 1.54) is 0 Å². The van der Waals surface area contributed by atoms with Gasteiger partial charge in [0, 0.05) is 18.3 Å². The number of benzene rings is 1. The topological polar surface area (TPSA) is 72.5 Å². The predicted molar refractivity (Wildman–Crippen MR) is 67.7 cm³/mol. The van der Waals surface area contributed by atoms with Gasteiger partial charge in [0.2, 0.25) is 0 Å². The number of hydrogen-bond acceptors (Lipinski definition) is 3. The molecule has 0 spiro atoms. The maximum atomic E-state index is 5.94. The van der Waals surface area contributed by atoms with Crippen LogP contribution in [-0.4, -0.2) is 19.5 Å². The predicted octanol–water partition coefficient (Wildman–Crippen LogP) is 2.20. The van der Waals surface area contributed by atoms with Gasteiger partial charge in [-0.1, -0.05) is 11.6 Å². The Labute approximate surface area is 102 Å². The molecule has 5 nitrogen and oxygen atoms in total. The van der Waals surface area contributed by atoms with Crippen LogP contribution in [0, 0.1) is 0 Å². The number of aromatic amines is 1. The molecule has 17 heavy (non-hydrogen) atoms. The first-order valence-electron chi connectivity index (χ1n) is 5.06. The van der Waals surface area contributed by atoms with Crippen LogP contribution in [0.1, 0.15) is 0 Å². The fourth-order valence-electron chi connectivity index (χ4n) is 1.76. The first-order valence-corrected chi connectivity index (χ1v) is 5.44. The molecule has 86 valence electrons. The van der Waals surface area contributed by atoms with Crippen molar-refractivity contribution in [3.05, 3.63) is 29.7 Å². The quantitative estimate of drug-likeness (QED) is 0.648. The van der Waals surface area contributed by atoms with Gasteiger partial charge in [-0.15, -0.1) is 0 Å². The molecule has 0 fully saturated rings. The number of aryl methyl sites for hydroxylation is 1. The number of imidazole rings is 2. The zero-order valence-corrected chi connectivity index (χ0v) is 9.86. The highest BCUT2D eigenvalue weighted by Gasteiger charge is 2.10. The number of hydrogen-bond donors (Lipinski definition) is 2. The molecule has 1 aromatic carbocycles. The Morgan fingerprint density at radius 3 is 2.94 bits per heavy atom. The van der Waals surface area contributed by atoms with Gasteiger partial charge in [-0.2, -0.15) is 0 Å². The Morgan fingerprint density at radius 1 is 1.41 bits per heavy atom. The summed E-state index contributed by atoms with van der Waals surface area (Å²) in [6, 6.07) is 3.49. The van der Waals surface area contributed by atoms with Gasteiger partial charge in [-0.05, 0) is 12.1 Å². The second-order valence-electron chi connectivity index (χ2n) is 3.90. The lowest BCUT2D eigenvalue weighted by Gasteiger charge is -1.94. The fourth-order valence-corrected chi connectivity index (χ4v) is 1.99. The van der Waals surface area contributed by atoms with Crippen LogP contribution in [0.25, 0.3) is 22.6 Å². The van der Waals surface area contributed by atoms with E-state index in [2.05, 4.69) is 15.0 Å². The molecule has 0 bridgehead atoms. The second-order valence-corrected chi connectivity index (χ2v) is 4.34. The van der Waals surface area contributed by atoms with Crippen molar-refractivity contribution >= 4 is 28.3 Å². The molecule has 0 saturated carbocycles. The summed E-state index contributed by atoms with van der Waals surface area (Å²) in [5, 5.41) is 0.589. The third-order valence-electron chi connectivity index (χ3n) is 2.53. The maximum absolute atomic E-state index is 5.94. The largest absolute Gasteiger partial charge is 0.397 e. The first-order chi connectivity index (χ1) is 8.13. The van der Waals surface area contributed by atoms with Crippen molar-refractivity contribution in [1.29, 1.82) is 0 Å². The zero-order chi connectivity index (χ0) is 12.0. The van der Waals surface area contributed by atoms with Crippen LogP contribution in [0.3, 0.4) is 0 Å². The number of nitrogens with zero attached hydrogens (tertiary/aromatic N) is 3. The molecule has 2 aromatic heterocycles. The summed E-state index contributed by atoms with van der Waals surface area (Å²) < 4.78 is 1.86. The van der Waals surface area contributed by atoms with E-state index in [1.807, 2.05) is 17.8 Å². The first kappa shape index (κ1) is 10.2. The summed E-state index contributed by atoms with van der Waals surface area (Å²) in [6.07, 6.45) is 3.61. The SMILES string of the molecule is Cn1cnc(-c2nc3c(N)cc(Cl)cc3[nH]2)c1. The smallest absolute Gasteiger partial charge is 0.158 e. The van der Waals surface area contributed by atoms with Gasteiger partial charge < -0.3 is 15.3 Å². The summed E-state index contributed by atoms with van der Waals surface area (Å²) in [7, 11) is 1.91. The Bertz CT molecular complexity index is 697. The van der Waals surface area contributed by atoms with Crippen LogP contribution < -0.4 is 5.73 Å². The van der Waals surface area contributed by atoms with E-state index >= 15 is 0 Å². The molecule has 2 heterocycles. The van der Waals surface area contributed by atoms with Gasteiger partial charge in [0.25, 0.3) is 0 Å². The lowest BCUT2D eigenvalue weighted by atomic mass is 10.3. The van der Waals surface area contributed by atoms with Gasteiger partial charge in [-0.3, -0.25) is 0 Å². The average molecular weight is 248 g/mol. The van der Waals surface area contributed by atoms with E-state index in [1.54, 1.807) is 18.5 Å². The third kappa shape index (κ3) is 1.64. The van der Waals surface area contributed by atoms with E-state index in [-0.39, 0.29) is 0 Å². The Balaban J connectivity index is 2.23. The van der Waals surface area contributed by atoms with Crippen molar-refractivity contribution in [2.45, 2.75) is 0 Å². The molecule has 0 aliphatic heterocycles. The molecule has 3 N–H and O–H groups in total. The van der Waals surface area contributed by atoms with Crippen LogP contribution in [0.15, 0.2) is 24.7 Å². The van der Waals surface area contributed by atoms with Gasteiger partial charge in [0.1, 0.15) is 11.2 Å². The van der Waals surface area contributed by atoms with Crippen LogP contribution >= 0.6 is 11.6 Å². The molecule has 3 aromatic rings. The van der Waals surface area contributed by atoms with Crippen LogP contribution in [0.2, 0.25) is 5.02 Å². The van der Waals surface area contributed by atoms with Gasteiger partial charge in [0.05, 0.1) is 17.5 Å². The molecular weight excluding hydrogens is 238 g/mol. The Hall–Kier alpha value is -2.01. The number of nitrogens with one attached hydrogen (secondary N) is 1. The fraction of sp³-hybridized carbons (Fsp3) is 0.0909. The molecule has 0 radical (unpaired) electrons. The molecule has 6 heteroatoms. The summed E-state index contributed by atoms with van der Waals surface area (Å²) in [5.41, 5.74) is 8.73. The highest BCUT2D eigenvalue weighted by Crippen LogP contribution is 2.26. The highest BCUT2D eigenvalue weighted by atomic mass is 35.5. The molecule has 3 rings (SSSR count). The Kier molecular flexibility index (Phi) is 2.09. The van der Waals surface area contributed by atoms with Crippen LogP contribution in [0.4, 0.5) is 5.69 Å². The monoisotopic (exact) mass is 247 g/mol. The van der Waals surface area contributed by atoms with E-state index < -0.39 is 0 Å². The van der Waals surface area contributed by atoms with Crippen molar-refractivity contribution in [3.8, 4) is 11.5 Å². The van der Waals surface area contributed by atoms with E-state index in [9.17, 15) is 0 Å². The van der Waals surface area contributed by atoms with Crippen molar-refractivity contribution in [3.63, 3.8) is 0 Å². The second kappa shape index (κ2) is 3.49. The molecule has 0 unspecified atom stereocenters. The van der Waals surface area contributed by atoms with E-state index in [0.717, 1.165) is 16.7 Å². The molecule has 0 aliphatic rings. The number of nitrogens with two attached hydrogens (primary N) is 1. The molecule has 0 saturated heterocycles. The highest BCUT2D eigenvalue weighted by molar-refractivity contribution is 6.31. The minimum atomic E-state index is 0.561. The van der Waals surface area contributed by atoms with Crippen molar-refractivity contribution in [2.75, 3.05) is 5.73 Å². The summed E-state index contributed by atoms with van der Waals surface area (Å²) in [5.74, 6) is 0.689. The number of anilines is 1. The number of rotatable bonds is 1. The maximum Gasteiger partial charge on any atom is 0.158 e. The molecule has 0 aliphatic carbocycles. The van der Waals surface area contributed by atoms with Crippen molar-refractivity contribution < 1.29 is 0 Å². The number of halogens is 1. The average Bonchev–Trinajstić information content (AvgIpc) is 2.83. The van der Waals surface area contributed by atoms with Crippen LogP contribution in [-0.2, 0) is 7.05 Å².